The van der Waals surface area contributed by atoms with Gasteiger partial charge in [0.05, 0.1) is 11.5 Å². The Morgan fingerprint density at radius 1 is 1.33 bits per heavy atom. The summed E-state index contributed by atoms with van der Waals surface area (Å²) in [7, 11) is -2.87. The third-order valence-electron chi connectivity index (χ3n) is 4.12. The van der Waals surface area contributed by atoms with E-state index in [2.05, 4.69) is 5.32 Å². The molecule has 0 radical (unpaired) electrons. The lowest BCUT2D eigenvalue weighted by Crippen LogP contribution is -2.30. The summed E-state index contributed by atoms with van der Waals surface area (Å²) in [6, 6.07) is 5.49. The van der Waals surface area contributed by atoms with Crippen molar-refractivity contribution in [2.24, 2.45) is 11.8 Å². The van der Waals surface area contributed by atoms with Gasteiger partial charge < -0.3 is 5.32 Å². The molecule has 1 N–H and O–H groups in total. The Balaban J connectivity index is 2.17. The quantitative estimate of drug-likeness (QED) is 0.857. The van der Waals surface area contributed by atoms with E-state index in [4.69, 9.17) is 23.2 Å². The van der Waals surface area contributed by atoms with E-state index in [1.165, 1.54) is 0 Å². The highest BCUT2D eigenvalue weighted by Crippen LogP contribution is 2.33. The van der Waals surface area contributed by atoms with Crippen molar-refractivity contribution in [1.82, 2.24) is 5.32 Å². The zero-order valence-electron chi connectivity index (χ0n) is 12.1. The van der Waals surface area contributed by atoms with Gasteiger partial charge in [-0.05, 0) is 55.5 Å². The second kappa shape index (κ2) is 7.32. The minimum Gasteiger partial charge on any atom is -0.317 e. The first-order valence-electron chi connectivity index (χ1n) is 7.27. The summed E-state index contributed by atoms with van der Waals surface area (Å²) < 4.78 is 23.5. The Morgan fingerprint density at radius 3 is 2.52 bits per heavy atom. The maximum absolute atomic E-state index is 11.7. The predicted molar refractivity (Wildman–Crippen MR) is 89.0 cm³/mol. The Kier molecular flexibility index (Phi) is 5.95. The molecule has 2 rings (SSSR count). The number of sulfone groups is 1. The van der Waals surface area contributed by atoms with Gasteiger partial charge in [0, 0.05) is 10.0 Å². The maximum atomic E-state index is 11.7. The van der Waals surface area contributed by atoms with E-state index in [1.54, 1.807) is 0 Å². The predicted octanol–water partition coefficient (Wildman–Crippen LogP) is 3.20. The van der Waals surface area contributed by atoms with Crippen molar-refractivity contribution >= 4 is 33.0 Å². The molecule has 0 spiro atoms. The number of hydrogen-bond acceptors (Lipinski definition) is 3. The molecule has 118 valence electrons. The van der Waals surface area contributed by atoms with E-state index in [9.17, 15) is 8.42 Å². The lowest BCUT2D eigenvalue weighted by Gasteiger charge is -2.24. The van der Waals surface area contributed by atoms with E-state index in [-0.39, 0.29) is 17.6 Å². The van der Waals surface area contributed by atoms with Crippen molar-refractivity contribution < 1.29 is 8.42 Å². The smallest absolute Gasteiger partial charge is 0.150 e. The molecule has 0 bridgehead atoms. The molecular formula is C15H21Cl2NO2S. The fourth-order valence-electron chi connectivity index (χ4n) is 2.92. The molecule has 1 aromatic carbocycles. The van der Waals surface area contributed by atoms with Gasteiger partial charge in [0.15, 0.2) is 9.84 Å². The van der Waals surface area contributed by atoms with E-state index in [0.29, 0.717) is 22.2 Å². The van der Waals surface area contributed by atoms with Crippen LogP contribution in [0.4, 0.5) is 0 Å². The molecule has 21 heavy (non-hydrogen) atoms. The van der Waals surface area contributed by atoms with Crippen LogP contribution in [0.15, 0.2) is 18.2 Å². The average molecular weight is 350 g/mol. The molecule has 0 amide bonds. The number of nitrogens with one attached hydrogen (secondary N) is 1. The first-order chi connectivity index (χ1) is 9.93. The van der Waals surface area contributed by atoms with Gasteiger partial charge in [-0.1, -0.05) is 36.2 Å². The van der Waals surface area contributed by atoms with Crippen LogP contribution >= 0.6 is 23.2 Å². The van der Waals surface area contributed by atoms with Crippen molar-refractivity contribution in [3.05, 3.63) is 33.8 Å². The maximum Gasteiger partial charge on any atom is 0.150 e. The molecule has 2 unspecified atom stereocenters. The fourth-order valence-corrected chi connectivity index (χ4v) is 5.39. The molecule has 1 aliphatic rings. The van der Waals surface area contributed by atoms with Crippen LogP contribution < -0.4 is 5.32 Å². The molecule has 0 aromatic heterocycles. The van der Waals surface area contributed by atoms with Gasteiger partial charge in [-0.25, -0.2) is 8.42 Å². The van der Waals surface area contributed by atoms with Crippen LogP contribution in [0.25, 0.3) is 0 Å². The summed E-state index contributed by atoms with van der Waals surface area (Å²) >= 11 is 12.5. The van der Waals surface area contributed by atoms with Gasteiger partial charge >= 0.3 is 0 Å². The third-order valence-corrected chi connectivity index (χ3v) is 6.62. The summed E-state index contributed by atoms with van der Waals surface area (Å²) in [5, 5.41) is 4.65. The Hall–Kier alpha value is -0.290. The van der Waals surface area contributed by atoms with Crippen LogP contribution in [0.3, 0.4) is 0 Å². The van der Waals surface area contributed by atoms with Crippen LogP contribution in [-0.2, 0) is 16.3 Å². The van der Waals surface area contributed by atoms with Crippen molar-refractivity contribution in [3.63, 3.8) is 0 Å². The molecule has 3 nitrogen and oxygen atoms in total. The van der Waals surface area contributed by atoms with Gasteiger partial charge in [0.2, 0.25) is 0 Å². The number of halogens is 2. The molecule has 1 fully saturated rings. The van der Waals surface area contributed by atoms with Crippen LogP contribution in [-0.4, -0.2) is 33.0 Å². The van der Waals surface area contributed by atoms with E-state index < -0.39 is 9.84 Å². The normalized spacial score (nSPS) is 22.3. The highest BCUT2D eigenvalue weighted by Gasteiger charge is 2.33. The molecule has 6 heteroatoms. The zero-order valence-corrected chi connectivity index (χ0v) is 14.4. The second-order valence-electron chi connectivity index (χ2n) is 5.64. The minimum absolute atomic E-state index is 0.182. The summed E-state index contributed by atoms with van der Waals surface area (Å²) in [5.74, 6) is 1.00. The van der Waals surface area contributed by atoms with Crippen LogP contribution in [0, 0.1) is 11.8 Å². The van der Waals surface area contributed by atoms with Crippen LogP contribution in [0.1, 0.15) is 18.9 Å². The van der Waals surface area contributed by atoms with Gasteiger partial charge in [0.25, 0.3) is 0 Å². The summed E-state index contributed by atoms with van der Waals surface area (Å²) in [4.78, 5) is 0. The largest absolute Gasteiger partial charge is 0.317 e. The van der Waals surface area contributed by atoms with Crippen LogP contribution in [0.5, 0.6) is 0 Å². The lowest BCUT2D eigenvalue weighted by atomic mass is 9.86. The second-order valence-corrected chi connectivity index (χ2v) is 8.68. The fraction of sp³-hybridized carbons (Fsp3) is 0.600. The van der Waals surface area contributed by atoms with Crippen molar-refractivity contribution in [2.45, 2.75) is 19.8 Å². The summed E-state index contributed by atoms with van der Waals surface area (Å²) in [5.41, 5.74) is 0.924. The molecule has 1 saturated heterocycles. The number of benzene rings is 1. The van der Waals surface area contributed by atoms with E-state index in [0.717, 1.165) is 25.1 Å². The van der Waals surface area contributed by atoms with Crippen molar-refractivity contribution in [1.29, 1.82) is 0 Å². The number of hydrogen-bond donors (Lipinski definition) is 1. The van der Waals surface area contributed by atoms with E-state index in [1.807, 2.05) is 25.1 Å². The van der Waals surface area contributed by atoms with E-state index >= 15 is 0 Å². The SMILES string of the molecule is CCNCC(Cc1c(Cl)cccc1Cl)C1CCS(=O)(=O)C1. The average Bonchev–Trinajstić information content (AvgIpc) is 2.78. The molecule has 1 heterocycles. The molecule has 0 saturated carbocycles. The standard InChI is InChI=1S/C15H21Cl2NO2S/c1-2-18-9-12(11-6-7-21(19,20)10-11)8-13-14(16)4-3-5-15(13)17/h3-5,11-12,18H,2,6-10H2,1H3. The van der Waals surface area contributed by atoms with Gasteiger partial charge in [-0.15, -0.1) is 0 Å². The Morgan fingerprint density at radius 2 is 2.00 bits per heavy atom. The zero-order chi connectivity index (χ0) is 15.5. The number of rotatable bonds is 6. The lowest BCUT2D eigenvalue weighted by molar-refractivity contribution is 0.346. The summed E-state index contributed by atoms with van der Waals surface area (Å²) in [6.45, 7) is 3.70. The monoisotopic (exact) mass is 349 g/mol. The topological polar surface area (TPSA) is 46.2 Å². The van der Waals surface area contributed by atoms with Gasteiger partial charge in [-0.3, -0.25) is 0 Å². The first-order valence-corrected chi connectivity index (χ1v) is 9.84. The summed E-state index contributed by atoms with van der Waals surface area (Å²) in [6.07, 6.45) is 1.45. The molecule has 2 atom stereocenters. The van der Waals surface area contributed by atoms with Crippen molar-refractivity contribution in [2.75, 3.05) is 24.6 Å². The van der Waals surface area contributed by atoms with Gasteiger partial charge in [-0.2, -0.15) is 0 Å². The highest BCUT2D eigenvalue weighted by atomic mass is 35.5. The molecule has 1 aromatic rings. The molecule has 0 aliphatic carbocycles. The van der Waals surface area contributed by atoms with Gasteiger partial charge in [0.1, 0.15) is 0 Å². The minimum atomic E-state index is -2.87. The van der Waals surface area contributed by atoms with Crippen LogP contribution in [0.2, 0.25) is 10.0 Å². The highest BCUT2D eigenvalue weighted by molar-refractivity contribution is 7.91. The third kappa shape index (κ3) is 4.59. The van der Waals surface area contributed by atoms with Crippen molar-refractivity contribution in [3.8, 4) is 0 Å². The molecular weight excluding hydrogens is 329 g/mol. The molecule has 1 aliphatic heterocycles. The Bertz CT molecular complexity index is 569. The Labute approximate surface area is 136 Å². The first kappa shape index (κ1) is 17.1.